The lowest BCUT2D eigenvalue weighted by atomic mass is 10.2. The van der Waals surface area contributed by atoms with E-state index in [0.29, 0.717) is 19.6 Å². The van der Waals surface area contributed by atoms with Gasteiger partial charge in [-0.3, -0.25) is 4.79 Å². The molecule has 0 aliphatic carbocycles. The van der Waals surface area contributed by atoms with Gasteiger partial charge in [-0.15, -0.1) is 0 Å². The van der Waals surface area contributed by atoms with Crippen molar-refractivity contribution in [2.45, 2.75) is 26.3 Å². The van der Waals surface area contributed by atoms with Gasteiger partial charge in [0.15, 0.2) is 0 Å². The van der Waals surface area contributed by atoms with Crippen molar-refractivity contribution in [3.05, 3.63) is 0 Å². The molecular weight excluding hydrogens is 156 g/mol. The summed E-state index contributed by atoms with van der Waals surface area (Å²) < 4.78 is 4.78. The highest BCUT2D eigenvalue weighted by Crippen LogP contribution is 1.92. The lowest BCUT2D eigenvalue weighted by Crippen LogP contribution is -2.33. The normalized spacial score (nSPS) is 12.6. The zero-order valence-electron chi connectivity index (χ0n) is 7.80. The van der Waals surface area contributed by atoms with Gasteiger partial charge in [0.2, 0.25) is 0 Å². The van der Waals surface area contributed by atoms with Gasteiger partial charge in [0.05, 0.1) is 13.0 Å². The fourth-order valence-corrected chi connectivity index (χ4v) is 0.872. The average molecular weight is 174 g/mol. The van der Waals surface area contributed by atoms with Crippen LogP contribution in [0, 0.1) is 0 Å². The second kappa shape index (κ2) is 7.06. The van der Waals surface area contributed by atoms with Crippen LogP contribution in [-0.2, 0) is 9.53 Å². The van der Waals surface area contributed by atoms with E-state index in [1.54, 1.807) is 6.92 Å². The number of hydrogen-bond acceptors (Lipinski definition) is 4. The summed E-state index contributed by atoms with van der Waals surface area (Å²) in [6.07, 6.45) is 0.411. The van der Waals surface area contributed by atoms with E-state index in [1.165, 1.54) is 0 Å². The van der Waals surface area contributed by atoms with E-state index in [1.807, 2.05) is 6.92 Å². The Bertz CT molecular complexity index is 128. The summed E-state index contributed by atoms with van der Waals surface area (Å²) in [5.74, 6) is -0.158. The van der Waals surface area contributed by atoms with Crippen LogP contribution < -0.4 is 11.1 Å². The zero-order valence-corrected chi connectivity index (χ0v) is 7.80. The molecule has 0 bridgehead atoms. The Morgan fingerprint density at radius 3 is 2.83 bits per heavy atom. The number of rotatable bonds is 6. The third kappa shape index (κ3) is 6.12. The number of esters is 1. The number of carbonyl (C=O) groups is 1. The standard InChI is InChI=1S/C8H18N2O2/c1-3-12-8(11)6-7(2)10-5-4-9/h7,10H,3-6,9H2,1-2H3. The minimum Gasteiger partial charge on any atom is -0.466 e. The second-order valence-electron chi connectivity index (χ2n) is 2.65. The predicted molar refractivity (Wildman–Crippen MR) is 47.8 cm³/mol. The summed E-state index contributed by atoms with van der Waals surface area (Å²) in [5, 5.41) is 3.10. The molecule has 0 fully saturated rings. The van der Waals surface area contributed by atoms with Crippen LogP contribution in [0.3, 0.4) is 0 Å². The van der Waals surface area contributed by atoms with Crippen LogP contribution >= 0.6 is 0 Å². The van der Waals surface area contributed by atoms with Gasteiger partial charge in [-0.2, -0.15) is 0 Å². The molecule has 0 rings (SSSR count). The molecule has 0 aromatic heterocycles. The minimum atomic E-state index is -0.158. The highest BCUT2D eigenvalue weighted by Gasteiger charge is 2.07. The lowest BCUT2D eigenvalue weighted by Gasteiger charge is -2.11. The Labute approximate surface area is 73.5 Å². The molecular formula is C8H18N2O2. The SMILES string of the molecule is CCOC(=O)CC(C)NCCN. The van der Waals surface area contributed by atoms with Crippen LogP contribution in [0.2, 0.25) is 0 Å². The van der Waals surface area contributed by atoms with E-state index in [0.717, 1.165) is 6.54 Å². The highest BCUT2D eigenvalue weighted by molar-refractivity contribution is 5.69. The Kier molecular flexibility index (Phi) is 6.70. The number of ether oxygens (including phenoxy) is 1. The largest absolute Gasteiger partial charge is 0.466 e. The molecule has 0 saturated heterocycles. The first-order valence-corrected chi connectivity index (χ1v) is 4.29. The Hall–Kier alpha value is -0.610. The lowest BCUT2D eigenvalue weighted by molar-refractivity contribution is -0.143. The van der Waals surface area contributed by atoms with Crippen LogP contribution in [0.5, 0.6) is 0 Å². The first-order chi connectivity index (χ1) is 5.70. The molecule has 0 aliphatic rings. The van der Waals surface area contributed by atoms with Gasteiger partial charge < -0.3 is 15.8 Å². The fourth-order valence-electron chi connectivity index (χ4n) is 0.872. The van der Waals surface area contributed by atoms with Crippen LogP contribution in [-0.4, -0.2) is 31.7 Å². The van der Waals surface area contributed by atoms with Crippen molar-refractivity contribution < 1.29 is 9.53 Å². The number of nitrogens with two attached hydrogens (primary N) is 1. The van der Waals surface area contributed by atoms with E-state index in [-0.39, 0.29) is 12.0 Å². The third-order valence-electron chi connectivity index (χ3n) is 1.42. The summed E-state index contributed by atoms with van der Waals surface area (Å²) in [6, 6.07) is 0.146. The summed E-state index contributed by atoms with van der Waals surface area (Å²) in [4.78, 5) is 10.9. The molecule has 1 unspecified atom stereocenters. The zero-order chi connectivity index (χ0) is 9.40. The van der Waals surface area contributed by atoms with E-state index in [4.69, 9.17) is 10.5 Å². The third-order valence-corrected chi connectivity index (χ3v) is 1.42. The van der Waals surface area contributed by atoms with E-state index < -0.39 is 0 Å². The van der Waals surface area contributed by atoms with Crippen LogP contribution in [0.1, 0.15) is 20.3 Å². The van der Waals surface area contributed by atoms with E-state index >= 15 is 0 Å². The van der Waals surface area contributed by atoms with Crippen molar-refractivity contribution in [2.75, 3.05) is 19.7 Å². The molecule has 4 nitrogen and oxygen atoms in total. The topological polar surface area (TPSA) is 64.3 Å². The molecule has 0 aromatic rings. The van der Waals surface area contributed by atoms with Crippen LogP contribution in [0.15, 0.2) is 0 Å². The van der Waals surface area contributed by atoms with Gasteiger partial charge in [-0.25, -0.2) is 0 Å². The van der Waals surface area contributed by atoms with Gasteiger partial charge in [0, 0.05) is 19.1 Å². The summed E-state index contributed by atoms with van der Waals surface area (Å²) in [7, 11) is 0. The molecule has 0 amide bonds. The van der Waals surface area contributed by atoms with Gasteiger partial charge >= 0.3 is 5.97 Å². The van der Waals surface area contributed by atoms with Gasteiger partial charge in [-0.1, -0.05) is 0 Å². The first-order valence-electron chi connectivity index (χ1n) is 4.29. The maximum Gasteiger partial charge on any atom is 0.307 e. The maximum atomic E-state index is 10.9. The van der Waals surface area contributed by atoms with Gasteiger partial charge in [0.1, 0.15) is 0 Å². The fraction of sp³-hybridized carbons (Fsp3) is 0.875. The van der Waals surface area contributed by atoms with Crippen LogP contribution in [0.4, 0.5) is 0 Å². The number of nitrogens with one attached hydrogen (secondary N) is 1. The molecule has 1 atom stereocenters. The molecule has 0 heterocycles. The van der Waals surface area contributed by atoms with Gasteiger partial charge in [0.25, 0.3) is 0 Å². The molecule has 0 aromatic carbocycles. The molecule has 4 heteroatoms. The van der Waals surface area contributed by atoms with Crippen molar-refractivity contribution in [3.63, 3.8) is 0 Å². The van der Waals surface area contributed by atoms with Crippen molar-refractivity contribution in [1.82, 2.24) is 5.32 Å². The minimum absolute atomic E-state index is 0.146. The predicted octanol–water partition coefficient (Wildman–Crippen LogP) is -0.124. The molecule has 0 aliphatic heterocycles. The second-order valence-corrected chi connectivity index (χ2v) is 2.65. The Balaban J connectivity index is 3.40. The molecule has 3 N–H and O–H groups in total. The Morgan fingerprint density at radius 1 is 1.67 bits per heavy atom. The first kappa shape index (κ1) is 11.4. The van der Waals surface area contributed by atoms with Gasteiger partial charge in [-0.05, 0) is 13.8 Å². The summed E-state index contributed by atoms with van der Waals surface area (Å²) >= 11 is 0. The molecule has 0 spiro atoms. The van der Waals surface area contributed by atoms with E-state index in [9.17, 15) is 4.79 Å². The smallest absolute Gasteiger partial charge is 0.307 e. The van der Waals surface area contributed by atoms with Crippen LogP contribution in [0.25, 0.3) is 0 Å². The number of hydrogen-bond donors (Lipinski definition) is 2. The average Bonchev–Trinajstić information content (AvgIpc) is 2.01. The van der Waals surface area contributed by atoms with Crippen molar-refractivity contribution >= 4 is 5.97 Å². The molecule has 0 radical (unpaired) electrons. The highest BCUT2D eigenvalue weighted by atomic mass is 16.5. The maximum absolute atomic E-state index is 10.9. The van der Waals surface area contributed by atoms with Crippen molar-refractivity contribution in [2.24, 2.45) is 5.73 Å². The molecule has 0 saturated carbocycles. The summed E-state index contributed by atoms with van der Waals surface area (Å²) in [6.45, 7) is 5.51. The molecule has 12 heavy (non-hydrogen) atoms. The quantitative estimate of drug-likeness (QED) is 0.551. The number of carbonyl (C=O) groups excluding carboxylic acids is 1. The monoisotopic (exact) mass is 174 g/mol. The van der Waals surface area contributed by atoms with Crippen molar-refractivity contribution in [3.8, 4) is 0 Å². The van der Waals surface area contributed by atoms with E-state index in [2.05, 4.69) is 5.32 Å². The molecule has 72 valence electrons. The summed E-state index contributed by atoms with van der Waals surface area (Å²) in [5.41, 5.74) is 5.29. The van der Waals surface area contributed by atoms with Crippen molar-refractivity contribution in [1.29, 1.82) is 0 Å². The Morgan fingerprint density at radius 2 is 2.33 bits per heavy atom.